The highest BCUT2D eigenvalue weighted by Crippen LogP contribution is 2.35. The summed E-state index contributed by atoms with van der Waals surface area (Å²) in [5.41, 5.74) is -0.644. The predicted octanol–water partition coefficient (Wildman–Crippen LogP) is 3.32. The molecule has 0 aromatic rings. The second-order valence-corrected chi connectivity index (χ2v) is 6.65. The molecule has 1 N–H and O–H groups in total. The Kier molecular flexibility index (Phi) is 6.06. The van der Waals surface area contributed by atoms with Crippen LogP contribution in [0.15, 0.2) is 0 Å². The molecule has 6 heteroatoms. The first-order valence-electron chi connectivity index (χ1n) is 7.57. The van der Waals surface area contributed by atoms with Crippen LogP contribution in [0.5, 0.6) is 0 Å². The van der Waals surface area contributed by atoms with E-state index in [4.69, 9.17) is 0 Å². The maximum absolute atomic E-state index is 12.7. The van der Waals surface area contributed by atoms with Crippen molar-refractivity contribution in [3.05, 3.63) is 0 Å². The van der Waals surface area contributed by atoms with Gasteiger partial charge in [0.05, 0.1) is 12.0 Å². The second-order valence-electron chi connectivity index (χ2n) is 6.65. The summed E-state index contributed by atoms with van der Waals surface area (Å²) >= 11 is 0. The molecule has 0 aromatic heterocycles. The van der Waals surface area contributed by atoms with Crippen LogP contribution in [0.4, 0.5) is 13.2 Å². The first-order chi connectivity index (χ1) is 9.57. The molecule has 122 valence electrons. The van der Waals surface area contributed by atoms with Crippen molar-refractivity contribution in [2.45, 2.75) is 70.8 Å². The van der Waals surface area contributed by atoms with E-state index < -0.39 is 17.6 Å². The van der Waals surface area contributed by atoms with Crippen LogP contribution in [0.3, 0.4) is 0 Å². The van der Waals surface area contributed by atoms with Gasteiger partial charge in [0.15, 0.2) is 0 Å². The van der Waals surface area contributed by atoms with Gasteiger partial charge in [-0.3, -0.25) is 5.32 Å². The number of alkyl halides is 3. The van der Waals surface area contributed by atoms with E-state index in [1.807, 2.05) is 27.7 Å². The fourth-order valence-corrected chi connectivity index (χ4v) is 3.16. The van der Waals surface area contributed by atoms with Crippen molar-refractivity contribution in [2.24, 2.45) is 5.92 Å². The molecule has 1 aliphatic heterocycles. The number of nitrogens with one attached hydrogen (secondary N) is 1. The van der Waals surface area contributed by atoms with Crippen molar-refractivity contribution < 1.29 is 13.2 Å². The number of rotatable bonds is 5. The lowest BCUT2D eigenvalue weighted by molar-refractivity contribution is -0.186. The molecule has 0 radical (unpaired) electrons. The summed E-state index contributed by atoms with van der Waals surface area (Å²) in [6, 6.07) is 2.58. The van der Waals surface area contributed by atoms with Crippen molar-refractivity contribution in [3.63, 3.8) is 0 Å². The third-order valence-electron chi connectivity index (χ3n) is 4.17. The van der Waals surface area contributed by atoms with Gasteiger partial charge in [0, 0.05) is 12.1 Å². The molecule has 1 fully saturated rings. The first kappa shape index (κ1) is 18.2. The number of likely N-dealkylation sites (tertiary alicyclic amines) is 1. The van der Waals surface area contributed by atoms with Gasteiger partial charge in [-0.25, -0.2) is 0 Å². The largest absolute Gasteiger partial charge is 0.391 e. The topological polar surface area (TPSA) is 39.1 Å². The number of hydrogen-bond acceptors (Lipinski definition) is 3. The standard InChI is InChI=1S/C15H26F3N3/c1-11(2)20-14(4,10-19)9-12(3)21-7-5-13(6-8-21)15(16,17)18/h11-13,20H,5-9H2,1-4H3. The van der Waals surface area contributed by atoms with E-state index in [1.54, 1.807) is 0 Å². The average Bonchev–Trinajstić information content (AvgIpc) is 2.36. The Morgan fingerprint density at radius 3 is 2.14 bits per heavy atom. The Morgan fingerprint density at radius 1 is 1.24 bits per heavy atom. The van der Waals surface area contributed by atoms with Crippen LogP contribution in [-0.2, 0) is 0 Å². The summed E-state index contributed by atoms with van der Waals surface area (Å²) in [5, 5.41) is 12.6. The maximum Gasteiger partial charge on any atom is 0.391 e. The van der Waals surface area contributed by atoms with Gasteiger partial charge >= 0.3 is 6.18 Å². The van der Waals surface area contributed by atoms with Crippen LogP contribution in [0.25, 0.3) is 0 Å². The number of piperidine rings is 1. The molecule has 0 saturated carbocycles. The number of hydrogen-bond donors (Lipinski definition) is 1. The Bertz CT molecular complexity index is 367. The molecule has 1 rings (SSSR count). The smallest absolute Gasteiger partial charge is 0.301 e. The third kappa shape index (κ3) is 5.48. The summed E-state index contributed by atoms with van der Waals surface area (Å²) in [5.74, 6) is -1.17. The van der Waals surface area contributed by atoms with Crippen molar-refractivity contribution >= 4 is 0 Å². The normalized spacial score (nSPS) is 22.8. The number of nitrogens with zero attached hydrogens (tertiary/aromatic N) is 2. The monoisotopic (exact) mass is 305 g/mol. The minimum absolute atomic E-state index is 0.0927. The van der Waals surface area contributed by atoms with Gasteiger partial charge < -0.3 is 4.90 Å². The van der Waals surface area contributed by atoms with Gasteiger partial charge in [-0.05, 0) is 60.0 Å². The van der Waals surface area contributed by atoms with Crippen LogP contribution in [0.2, 0.25) is 0 Å². The predicted molar refractivity (Wildman–Crippen MR) is 76.7 cm³/mol. The van der Waals surface area contributed by atoms with Crippen molar-refractivity contribution in [1.29, 1.82) is 5.26 Å². The minimum Gasteiger partial charge on any atom is -0.301 e. The van der Waals surface area contributed by atoms with Crippen LogP contribution in [0, 0.1) is 17.2 Å². The SMILES string of the molecule is CC(C)NC(C)(C#N)CC(C)N1CCC(C(F)(F)F)CC1. The quantitative estimate of drug-likeness (QED) is 0.847. The van der Waals surface area contributed by atoms with Gasteiger partial charge in [-0.2, -0.15) is 18.4 Å². The summed E-state index contributed by atoms with van der Waals surface area (Å²) in [6.07, 6.45) is -3.14. The van der Waals surface area contributed by atoms with Gasteiger partial charge in [-0.1, -0.05) is 0 Å². The fraction of sp³-hybridized carbons (Fsp3) is 0.933. The Labute approximate surface area is 125 Å². The van der Waals surface area contributed by atoms with Crippen molar-refractivity contribution in [2.75, 3.05) is 13.1 Å². The summed E-state index contributed by atoms with van der Waals surface area (Å²) in [7, 11) is 0. The number of halogens is 3. The molecule has 0 aromatic carbocycles. The third-order valence-corrected chi connectivity index (χ3v) is 4.17. The lowest BCUT2D eigenvalue weighted by Gasteiger charge is -2.39. The zero-order chi connectivity index (χ0) is 16.3. The lowest BCUT2D eigenvalue weighted by Crippen LogP contribution is -2.51. The summed E-state index contributed by atoms with van der Waals surface area (Å²) in [6.45, 7) is 8.71. The second kappa shape index (κ2) is 6.97. The van der Waals surface area contributed by atoms with E-state index in [9.17, 15) is 18.4 Å². The highest BCUT2D eigenvalue weighted by Gasteiger charge is 2.42. The van der Waals surface area contributed by atoms with Gasteiger partial charge in [0.2, 0.25) is 0 Å². The first-order valence-corrected chi connectivity index (χ1v) is 7.57. The molecular formula is C15H26F3N3. The van der Waals surface area contributed by atoms with Crippen molar-refractivity contribution in [3.8, 4) is 6.07 Å². The van der Waals surface area contributed by atoms with Gasteiger partial charge in [0.25, 0.3) is 0 Å². The Morgan fingerprint density at radius 2 is 1.76 bits per heavy atom. The van der Waals surface area contributed by atoms with Gasteiger partial charge in [-0.15, -0.1) is 0 Å². The number of nitriles is 1. The highest BCUT2D eigenvalue weighted by atomic mass is 19.4. The van der Waals surface area contributed by atoms with Crippen LogP contribution < -0.4 is 5.32 Å². The minimum atomic E-state index is -4.07. The van der Waals surface area contributed by atoms with E-state index in [-0.39, 0.29) is 24.9 Å². The lowest BCUT2D eigenvalue weighted by atomic mass is 9.90. The molecule has 0 spiro atoms. The van der Waals surface area contributed by atoms with Crippen molar-refractivity contribution in [1.82, 2.24) is 10.2 Å². The maximum atomic E-state index is 12.7. The van der Waals surface area contributed by atoms with E-state index in [1.165, 1.54) is 0 Å². The Hall–Kier alpha value is -0.800. The summed E-state index contributed by atoms with van der Waals surface area (Å²) < 4.78 is 38.0. The van der Waals surface area contributed by atoms with Crippen LogP contribution >= 0.6 is 0 Å². The van der Waals surface area contributed by atoms with E-state index in [0.717, 1.165) is 0 Å². The highest BCUT2D eigenvalue weighted by molar-refractivity contribution is 5.06. The molecule has 1 aliphatic rings. The molecule has 0 amide bonds. The summed E-state index contributed by atoms with van der Waals surface area (Å²) in [4.78, 5) is 2.07. The van der Waals surface area contributed by atoms with E-state index in [0.29, 0.717) is 19.5 Å². The van der Waals surface area contributed by atoms with E-state index >= 15 is 0 Å². The van der Waals surface area contributed by atoms with Crippen LogP contribution in [-0.4, -0.2) is 41.8 Å². The zero-order valence-electron chi connectivity index (χ0n) is 13.3. The Balaban J connectivity index is 2.54. The molecule has 1 heterocycles. The fourth-order valence-electron chi connectivity index (χ4n) is 3.16. The molecule has 3 nitrogen and oxygen atoms in total. The van der Waals surface area contributed by atoms with E-state index in [2.05, 4.69) is 16.3 Å². The molecule has 21 heavy (non-hydrogen) atoms. The van der Waals surface area contributed by atoms with Crippen LogP contribution in [0.1, 0.15) is 47.0 Å². The molecule has 0 bridgehead atoms. The zero-order valence-corrected chi connectivity index (χ0v) is 13.3. The van der Waals surface area contributed by atoms with Gasteiger partial charge in [0.1, 0.15) is 5.54 Å². The molecule has 1 saturated heterocycles. The molecule has 2 unspecified atom stereocenters. The molecule has 2 atom stereocenters. The molecular weight excluding hydrogens is 279 g/mol. The average molecular weight is 305 g/mol. The molecule has 0 aliphatic carbocycles.